The molecule has 1 aromatic heterocycles. The predicted octanol–water partition coefficient (Wildman–Crippen LogP) is 3.40. The molecule has 2 aromatic rings. The van der Waals surface area contributed by atoms with Gasteiger partial charge in [0, 0.05) is 36.0 Å². The first-order valence-corrected chi connectivity index (χ1v) is 8.47. The summed E-state index contributed by atoms with van der Waals surface area (Å²) in [6.07, 6.45) is 7.31. The summed E-state index contributed by atoms with van der Waals surface area (Å²) in [5, 5.41) is 12.3. The fourth-order valence-corrected chi connectivity index (χ4v) is 5.20. The second kappa shape index (κ2) is 4.24. The highest BCUT2D eigenvalue weighted by molar-refractivity contribution is 5.86. The number of rotatable bonds is 1. The number of para-hydroxylation sites is 1. The Morgan fingerprint density at radius 1 is 1.32 bits per heavy atom. The first-order valence-electron chi connectivity index (χ1n) is 8.47. The maximum absolute atomic E-state index is 10.9. The average Bonchev–Trinajstić information content (AvgIpc) is 2.89. The normalized spacial score (nSPS) is 33.2. The Labute approximate surface area is 130 Å². The van der Waals surface area contributed by atoms with E-state index in [1.54, 1.807) is 0 Å². The SMILES string of the molecule is CC[C@@]12C=CCN3CCc4c(n(c5ccccc45)C(O)C1)[C@H]32. The lowest BCUT2D eigenvalue weighted by atomic mass is 9.67. The molecule has 1 N–H and O–H groups in total. The van der Waals surface area contributed by atoms with E-state index in [-0.39, 0.29) is 5.41 Å². The standard InChI is InChI=1S/C19H22N2O/c1-2-19-9-5-10-20-11-8-14-13-6-3-4-7-15(13)21(16(22)12-19)17(14)18(19)20/h3-7,9,16,18,22H,2,8,10-12H2,1H3/t16?,18-,19+/m0/s1. The Morgan fingerprint density at radius 2 is 2.18 bits per heavy atom. The molecule has 3 heteroatoms. The van der Waals surface area contributed by atoms with Crippen LogP contribution in [0.2, 0.25) is 0 Å². The van der Waals surface area contributed by atoms with Gasteiger partial charge in [-0.2, -0.15) is 0 Å². The van der Waals surface area contributed by atoms with Gasteiger partial charge in [-0.25, -0.2) is 0 Å². The zero-order valence-electron chi connectivity index (χ0n) is 13.0. The smallest absolute Gasteiger partial charge is 0.131 e. The molecule has 0 aliphatic carbocycles. The minimum absolute atomic E-state index is 0.0945. The van der Waals surface area contributed by atoms with E-state index in [2.05, 4.69) is 52.8 Å². The van der Waals surface area contributed by atoms with Gasteiger partial charge in [0.05, 0.1) is 11.6 Å². The molecule has 3 aliphatic heterocycles. The van der Waals surface area contributed by atoms with Crippen molar-refractivity contribution in [2.45, 2.75) is 38.5 Å². The van der Waals surface area contributed by atoms with Crippen LogP contribution in [-0.2, 0) is 6.42 Å². The van der Waals surface area contributed by atoms with Gasteiger partial charge in [0.2, 0.25) is 0 Å². The van der Waals surface area contributed by atoms with Gasteiger partial charge < -0.3 is 9.67 Å². The Morgan fingerprint density at radius 3 is 3.05 bits per heavy atom. The summed E-state index contributed by atoms with van der Waals surface area (Å²) in [4.78, 5) is 2.62. The Hall–Kier alpha value is -1.58. The second-order valence-electron chi connectivity index (χ2n) is 7.07. The average molecular weight is 294 g/mol. The fourth-order valence-electron chi connectivity index (χ4n) is 5.20. The predicted molar refractivity (Wildman–Crippen MR) is 87.7 cm³/mol. The molecule has 22 heavy (non-hydrogen) atoms. The molecule has 5 rings (SSSR count). The van der Waals surface area contributed by atoms with Crippen LogP contribution < -0.4 is 0 Å². The van der Waals surface area contributed by atoms with Crippen LogP contribution in [0.15, 0.2) is 36.4 Å². The van der Waals surface area contributed by atoms with E-state index in [9.17, 15) is 5.11 Å². The highest BCUT2D eigenvalue weighted by Crippen LogP contribution is 2.57. The first kappa shape index (κ1) is 12.9. The number of fused-ring (bicyclic) bond motifs is 3. The zero-order chi connectivity index (χ0) is 14.9. The maximum atomic E-state index is 10.9. The van der Waals surface area contributed by atoms with Crippen LogP contribution in [-0.4, -0.2) is 27.7 Å². The lowest BCUT2D eigenvalue weighted by Gasteiger charge is -2.53. The number of aromatic nitrogens is 1. The number of nitrogens with zero attached hydrogens (tertiary/aromatic N) is 2. The van der Waals surface area contributed by atoms with Crippen LogP contribution in [0.3, 0.4) is 0 Å². The molecule has 3 nitrogen and oxygen atoms in total. The van der Waals surface area contributed by atoms with Crippen molar-refractivity contribution in [1.29, 1.82) is 0 Å². The van der Waals surface area contributed by atoms with Crippen LogP contribution in [0.25, 0.3) is 10.9 Å². The van der Waals surface area contributed by atoms with Crippen molar-refractivity contribution in [3.63, 3.8) is 0 Å². The van der Waals surface area contributed by atoms with E-state index in [1.165, 1.54) is 22.2 Å². The van der Waals surface area contributed by atoms with Gasteiger partial charge in [-0.05, 0) is 24.5 Å². The number of hydrogen-bond donors (Lipinski definition) is 1. The van der Waals surface area contributed by atoms with Gasteiger partial charge in [0.15, 0.2) is 0 Å². The molecule has 3 atom stereocenters. The molecule has 3 aliphatic rings. The van der Waals surface area contributed by atoms with E-state index < -0.39 is 6.23 Å². The van der Waals surface area contributed by atoms with E-state index >= 15 is 0 Å². The second-order valence-corrected chi connectivity index (χ2v) is 7.07. The van der Waals surface area contributed by atoms with E-state index in [4.69, 9.17) is 0 Å². The molecule has 0 saturated heterocycles. The maximum Gasteiger partial charge on any atom is 0.131 e. The van der Waals surface area contributed by atoms with Crippen LogP contribution in [0, 0.1) is 5.41 Å². The van der Waals surface area contributed by atoms with Gasteiger partial charge in [-0.15, -0.1) is 0 Å². The summed E-state index contributed by atoms with van der Waals surface area (Å²) in [6, 6.07) is 9.03. The van der Waals surface area contributed by atoms with Crippen molar-refractivity contribution in [2.24, 2.45) is 5.41 Å². The number of aliphatic hydroxyl groups is 1. The number of hydrogen-bond acceptors (Lipinski definition) is 2. The third-order valence-electron chi connectivity index (χ3n) is 6.18. The van der Waals surface area contributed by atoms with Crippen molar-refractivity contribution in [1.82, 2.24) is 9.47 Å². The quantitative estimate of drug-likeness (QED) is 0.817. The van der Waals surface area contributed by atoms with Gasteiger partial charge in [-0.3, -0.25) is 4.90 Å². The molecular formula is C19H22N2O. The summed E-state index contributed by atoms with van der Waals surface area (Å²) in [5.41, 5.74) is 4.17. The van der Waals surface area contributed by atoms with Gasteiger partial charge >= 0.3 is 0 Å². The van der Waals surface area contributed by atoms with Crippen LogP contribution in [0.4, 0.5) is 0 Å². The molecule has 0 fully saturated rings. The number of benzene rings is 1. The third kappa shape index (κ3) is 1.39. The molecule has 1 aromatic carbocycles. The Kier molecular flexibility index (Phi) is 2.49. The zero-order valence-corrected chi connectivity index (χ0v) is 13.0. The van der Waals surface area contributed by atoms with Crippen molar-refractivity contribution >= 4 is 10.9 Å². The topological polar surface area (TPSA) is 28.4 Å². The summed E-state index contributed by atoms with van der Waals surface area (Å²) in [6.45, 7) is 4.45. The molecule has 1 unspecified atom stereocenters. The van der Waals surface area contributed by atoms with Gasteiger partial charge in [0.25, 0.3) is 0 Å². The summed E-state index contributed by atoms with van der Waals surface area (Å²) in [5.74, 6) is 0. The summed E-state index contributed by atoms with van der Waals surface area (Å²) >= 11 is 0. The first-order chi connectivity index (χ1) is 10.7. The molecule has 0 amide bonds. The minimum Gasteiger partial charge on any atom is -0.373 e. The lowest BCUT2D eigenvalue weighted by molar-refractivity contribution is -0.0313. The highest BCUT2D eigenvalue weighted by atomic mass is 16.3. The summed E-state index contributed by atoms with van der Waals surface area (Å²) in [7, 11) is 0. The van der Waals surface area contributed by atoms with Crippen LogP contribution in [0.5, 0.6) is 0 Å². The molecule has 4 heterocycles. The van der Waals surface area contributed by atoms with E-state index in [1.807, 2.05) is 0 Å². The van der Waals surface area contributed by atoms with Crippen LogP contribution in [0.1, 0.15) is 43.3 Å². The van der Waals surface area contributed by atoms with Gasteiger partial charge in [-0.1, -0.05) is 37.3 Å². The summed E-state index contributed by atoms with van der Waals surface area (Å²) < 4.78 is 2.23. The highest BCUT2D eigenvalue weighted by Gasteiger charge is 2.51. The van der Waals surface area contributed by atoms with Crippen molar-refractivity contribution in [3.8, 4) is 0 Å². The lowest BCUT2D eigenvalue weighted by Crippen LogP contribution is -2.51. The van der Waals surface area contributed by atoms with Crippen LogP contribution >= 0.6 is 0 Å². The Bertz CT molecular complexity index is 790. The van der Waals surface area contributed by atoms with Crippen molar-refractivity contribution in [3.05, 3.63) is 47.7 Å². The fraction of sp³-hybridized carbons (Fsp3) is 0.474. The van der Waals surface area contributed by atoms with Crippen molar-refractivity contribution in [2.75, 3.05) is 13.1 Å². The van der Waals surface area contributed by atoms with Crippen molar-refractivity contribution < 1.29 is 5.11 Å². The molecule has 0 bridgehead atoms. The number of aliphatic hydroxyl groups excluding tert-OH is 1. The Balaban J connectivity index is 1.88. The third-order valence-corrected chi connectivity index (χ3v) is 6.18. The van der Waals surface area contributed by atoms with E-state index in [0.717, 1.165) is 32.4 Å². The molecule has 114 valence electrons. The molecule has 0 saturated carbocycles. The minimum atomic E-state index is -0.410. The molecule has 0 spiro atoms. The monoisotopic (exact) mass is 294 g/mol. The molecule has 0 radical (unpaired) electrons. The van der Waals surface area contributed by atoms with E-state index in [0.29, 0.717) is 6.04 Å². The molecular weight excluding hydrogens is 272 g/mol. The largest absolute Gasteiger partial charge is 0.373 e. The van der Waals surface area contributed by atoms with Gasteiger partial charge in [0.1, 0.15) is 6.23 Å².